The fourth-order valence-electron chi connectivity index (χ4n) is 1.71. The Hall–Kier alpha value is -0.460. The highest BCUT2D eigenvalue weighted by Gasteiger charge is 2.23. The van der Waals surface area contributed by atoms with Crippen LogP contribution in [0.2, 0.25) is 5.02 Å². The minimum Gasteiger partial charge on any atom is -0.333 e. The van der Waals surface area contributed by atoms with Crippen LogP contribution in [0, 0.1) is 0 Å². The summed E-state index contributed by atoms with van der Waals surface area (Å²) < 4.78 is 0. The van der Waals surface area contributed by atoms with E-state index in [4.69, 9.17) is 11.6 Å². The van der Waals surface area contributed by atoms with Crippen molar-refractivity contribution in [1.82, 2.24) is 4.90 Å². The number of halogens is 1. The number of hydrogen-bond donors (Lipinski definition) is 0. The van der Waals surface area contributed by atoms with E-state index >= 15 is 0 Å². The van der Waals surface area contributed by atoms with Gasteiger partial charge in [-0.25, -0.2) is 0 Å². The van der Waals surface area contributed by atoms with E-state index in [9.17, 15) is 4.79 Å². The monoisotopic (exact) mass is 245 g/mol. The van der Waals surface area contributed by atoms with E-state index < -0.39 is 0 Å². The highest BCUT2D eigenvalue weighted by Crippen LogP contribution is 2.28. The normalized spacial score (nSPS) is 11.7. The smallest absolute Gasteiger partial charge is 0.259 e. The molecule has 1 unspecified atom stereocenters. The van der Waals surface area contributed by atoms with E-state index in [1.54, 1.807) is 0 Å². The van der Waals surface area contributed by atoms with Gasteiger partial charge in [0, 0.05) is 12.1 Å². The molecule has 4 heteroatoms. The van der Waals surface area contributed by atoms with Crippen LogP contribution in [0.1, 0.15) is 37.8 Å². The zero-order chi connectivity index (χ0) is 11.6. The van der Waals surface area contributed by atoms with E-state index in [0.29, 0.717) is 13.2 Å². The largest absolute Gasteiger partial charge is 0.333 e. The fourth-order valence-corrected chi connectivity index (χ4v) is 3.01. The van der Waals surface area contributed by atoms with Gasteiger partial charge in [0.05, 0.1) is 10.3 Å². The molecule has 0 saturated heterocycles. The summed E-state index contributed by atoms with van der Waals surface area (Å²) in [6, 6.07) is 2.23. The summed E-state index contributed by atoms with van der Waals surface area (Å²) in [5.41, 5.74) is 0. The van der Waals surface area contributed by atoms with Crippen LogP contribution in [0.3, 0.4) is 0 Å². The SMILES string of the molecule is CC(C)N(C(=O)c1[pH]ccc1Cl)C(C)C. The van der Waals surface area contributed by atoms with Gasteiger partial charge in [0.2, 0.25) is 0 Å². The van der Waals surface area contributed by atoms with Gasteiger partial charge in [-0.05, 0) is 39.6 Å². The number of carbonyl (C=O) groups is 1. The summed E-state index contributed by atoms with van der Waals surface area (Å²) in [5.74, 6) is 2.03. The second-order valence-corrected chi connectivity index (χ2v) is 5.63. The van der Waals surface area contributed by atoms with Crippen molar-refractivity contribution in [3.63, 3.8) is 0 Å². The van der Waals surface area contributed by atoms with Gasteiger partial charge in [-0.3, -0.25) is 4.79 Å². The molecule has 1 amide bonds. The zero-order valence-electron chi connectivity index (χ0n) is 9.54. The van der Waals surface area contributed by atoms with Crippen LogP contribution in [0.5, 0.6) is 0 Å². The van der Waals surface area contributed by atoms with E-state index in [1.165, 1.54) is 0 Å². The standard InChI is InChI=1S/C11H17ClNOP/c1-7(2)13(8(3)4)11(14)10-9(12)5-6-15-10/h5-8,15H,1-4H3. The van der Waals surface area contributed by atoms with Crippen LogP contribution in [-0.2, 0) is 0 Å². The lowest BCUT2D eigenvalue weighted by Crippen LogP contribution is -2.41. The number of nitrogens with zero attached hydrogens (tertiary/aromatic N) is 1. The molecule has 0 bridgehead atoms. The predicted molar refractivity (Wildman–Crippen MR) is 67.4 cm³/mol. The van der Waals surface area contributed by atoms with Gasteiger partial charge in [0.1, 0.15) is 0 Å². The maximum absolute atomic E-state index is 12.2. The second kappa shape index (κ2) is 5.05. The molecule has 0 aliphatic rings. The molecule has 0 spiro atoms. The Kier molecular flexibility index (Phi) is 4.24. The van der Waals surface area contributed by atoms with Gasteiger partial charge in [-0.15, -0.1) is 8.19 Å². The fraction of sp³-hybridized carbons (Fsp3) is 0.545. The summed E-state index contributed by atoms with van der Waals surface area (Å²) in [4.78, 5) is 14.1. The molecule has 2 nitrogen and oxygen atoms in total. The van der Waals surface area contributed by atoms with Crippen molar-refractivity contribution in [3.8, 4) is 0 Å². The Labute approximate surface area is 97.7 Å². The first kappa shape index (κ1) is 12.6. The van der Waals surface area contributed by atoms with Gasteiger partial charge in [-0.1, -0.05) is 11.6 Å². The molecule has 1 aromatic heterocycles. The summed E-state index contributed by atoms with van der Waals surface area (Å²) in [6.07, 6.45) is 0. The summed E-state index contributed by atoms with van der Waals surface area (Å²) >= 11 is 5.98. The van der Waals surface area contributed by atoms with E-state index in [2.05, 4.69) is 0 Å². The molecule has 84 valence electrons. The number of carbonyl (C=O) groups excluding carboxylic acids is 1. The third-order valence-corrected chi connectivity index (χ3v) is 3.84. The van der Waals surface area contributed by atoms with Gasteiger partial charge in [0.25, 0.3) is 5.91 Å². The maximum Gasteiger partial charge on any atom is 0.259 e. The van der Waals surface area contributed by atoms with Gasteiger partial charge < -0.3 is 4.90 Å². The minimum atomic E-state index is 0.0772. The summed E-state index contributed by atoms with van der Waals surface area (Å²) in [6.45, 7) is 8.10. The Morgan fingerprint density at radius 3 is 2.20 bits per heavy atom. The molecule has 1 rings (SSSR count). The molecule has 1 aromatic rings. The predicted octanol–water partition coefficient (Wildman–Crippen LogP) is 3.63. The molecule has 0 fully saturated rings. The van der Waals surface area contributed by atoms with Crippen LogP contribution in [0.25, 0.3) is 0 Å². The van der Waals surface area contributed by atoms with Crippen molar-refractivity contribution >= 4 is 25.7 Å². The zero-order valence-corrected chi connectivity index (χ0v) is 11.3. The van der Waals surface area contributed by atoms with Crippen molar-refractivity contribution in [2.45, 2.75) is 39.8 Å². The molecule has 1 heterocycles. The first-order chi connectivity index (χ1) is 6.95. The number of hydrogen-bond acceptors (Lipinski definition) is 1. The van der Waals surface area contributed by atoms with Crippen molar-refractivity contribution in [2.75, 3.05) is 0 Å². The van der Waals surface area contributed by atoms with Crippen molar-refractivity contribution in [2.24, 2.45) is 0 Å². The Bertz CT molecular complexity index is 338. The lowest BCUT2D eigenvalue weighted by molar-refractivity contribution is 0.0649. The minimum absolute atomic E-state index is 0.0772. The van der Waals surface area contributed by atoms with Crippen LogP contribution < -0.4 is 0 Å². The topological polar surface area (TPSA) is 20.3 Å². The van der Waals surface area contributed by atoms with Crippen molar-refractivity contribution < 1.29 is 4.79 Å². The average molecular weight is 246 g/mol. The molecule has 15 heavy (non-hydrogen) atoms. The molecule has 0 radical (unpaired) electrons. The maximum atomic E-state index is 12.2. The van der Waals surface area contributed by atoms with E-state index in [1.807, 2.05) is 44.5 Å². The van der Waals surface area contributed by atoms with Gasteiger partial charge in [0.15, 0.2) is 0 Å². The summed E-state index contributed by atoms with van der Waals surface area (Å²) in [5, 5.41) is 1.35. The first-order valence-corrected chi connectivity index (χ1v) is 6.56. The molecule has 0 aromatic carbocycles. The van der Waals surface area contributed by atoms with E-state index in [0.717, 1.165) is 5.30 Å². The Morgan fingerprint density at radius 1 is 1.33 bits per heavy atom. The molecule has 0 saturated carbocycles. The lowest BCUT2D eigenvalue weighted by atomic mass is 10.2. The highest BCUT2D eigenvalue weighted by molar-refractivity contribution is 7.32. The second-order valence-electron chi connectivity index (χ2n) is 4.10. The quantitative estimate of drug-likeness (QED) is 0.796. The van der Waals surface area contributed by atoms with Crippen molar-refractivity contribution in [1.29, 1.82) is 0 Å². The average Bonchev–Trinajstić information content (AvgIpc) is 2.49. The van der Waals surface area contributed by atoms with Crippen molar-refractivity contribution in [3.05, 3.63) is 22.2 Å². The number of rotatable bonds is 3. The third kappa shape index (κ3) is 2.76. The van der Waals surface area contributed by atoms with Crippen LogP contribution in [-0.4, -0.2) is 22.9 Å². The van der Waals surface area contributed by atoms with Crippen LogP contribution in [0.15, 0.2) is 11.9 Å². The van der Waals surface area contributed by atoms with Crippen LogP contribution >= 0.6 is 19.8 Å². The Morgan fingerprint density at radius 2 is 1.87 bits per heavy atom. The molecular weight excluding hydrogens is 229 g/mol. The van der Waals surface area contributed by atoms with Gasteiger partial charge >= 0.3 is 0 Å². The van der Waals surface area contributed by atoms with E-state index in [-0.39, 0.29) is 18.0 Å². The number of amides is 1. The molecule has 1 atom stereocenters. The lowest BCUT2D eigenvalue weighted by Gasteiger charge is -2.30. The Balaban J connectivity index is 2.96. The molecule has 0 N–H and O–H groups in total. The molecular formula is C11H17ClNOP. The van der Waals surface area contributed by atoms with Gasteiger partial charge in [-0.2, -0.15) is 0 Å². The highest BCUT2D eigenvalue weighted by atomic mass is 35.5. The summed E-state index contributed by atoms with van der Waals surface area (Å²) in [7, 11) is 0.415. The third-order valence-electron chi connectivity index (χ3n) is 2.26. The van der Waals surface area contributed by atoms with Crippen LogP contribution in [0.4, 0.5) is 0 Å². The first-order valence-electron chi connectivity index (χ1n) is 5.10. The molecule has 0 aliphatic carbocycles. The molecule has 0 aliphatic heterocycles.